The topological polar surface area (TPSA) is 81.7 Å². The molecule has 0 heterocycles. The monoisotopic (exact) mass is 243 g/mol. The van der Waals surface area contributed by atoms with Crippen LogP contribution in [0.1, 0.15) is 27.2 Å². The second-order valence-corrected chi connectivity index (χ2v) is 2.95. The van der Waals surface area contributed by atoms with Crippen LogP contribution in [-0.2, 0) is 23.9 Å². The van der Waals surface area contributed by atoms with Gasteiger partial charge >= 0.3 is 11.9 Å². The van der Waals surface area contributed by atoms with Crippen LogP contribution in [0.5, 0.6) is 0 Å². The zero-order valence-electron chi connectivity index (χ0n) is 10.2. The van der Waals surface area contributed by atoms with Crippen molar-refractivity contribution in [2.45, 2.75) is 27.2 Å². The van der Waals surface area contributed by atoms with Crippen molar-refractivity contribution in [1.82, 2.24) is 5.32 Å². The zero-order valence-corrected chi connectivity index (χ0v) is 10.2. The summed E-state index contributed by atoms with van der Waals surface area (Å²) in [5, 5.41) is 2.29. The largest absolute Gasteiger partial charge is 0.466 e. The molecule has 0 aliphatic heterocycles. The molecule has 0 aromatic carbocycles. The van der Waals surface area contributed by atoms with Gasteiger partial charge in [0.1, 0.15) is 12.1 Å². The second kappa shape index (κ2) is 8.32. The first-order valence-corrected chi connectivity index (χ1v) is 5.34. The molecule has 0 spiro atoms. The third-order valence-electron chi connectivity index (χ3n) is 1.67. The van der Waals surface area contributed by atoms with Crippen LogP contribution in [0.4, 0.5) is 0 Å². The van der Waals surface area contributed by atoms with Crippen molar-refractivity contribution in [2.24, 2.45) is 0 Å². The van der Waals surface area contributed by atoms with Gasteiger partial charge in [0.2, 0.25) is 5.91 Å². The Kier molecular flexibility index (Phi) is 7.41. The Balaban J connectivity index is 4.26. The Bertz CT molecular complexity index is 322. The van der Waals surface area contributed by atoms with Gasteiger partial charge in [0.25, 0.3) is 0 Å². The highest BCUT2D eigenvalue weighted by atomic mass is 16.5. The van der Waals surface area contributed by atoms with Crippen LogP contribution in [0, 0.1) is 0 Å². The third kappa shape index (κ3) is 6.34. The molecule has 96 valence electrons. The molecule has 0 radical (unpaired) electrons. The van der Waals surface area contributed by atoms with Gasteiger partial charge < -0.3 is 14.8 Å². The highest BCUT2D eigenvalue weighted by molar-refractivity contribution is 5.99. The minimum atomic E-state index is -0.635. The molecule has 0 saturated carbocycles. The summed E-state index contributed by atoms with van der Waals surface area (Å²) in [6, 6.07) is 0. The molecule has 17 heavy (non-hydrogen) atoms. The first kappa shape index (κ1) is 15.2. The number of nitrogens with one attached hydrogen (secondary N) is 1. The lowest BCUT2D eigenvalue weighted by Crippen LogP contribution is -2.30. The van der Waals surface area contributed by atoms with E-state index in [4.69, 9.17) is 4.74 Å². The Morgan fingerprint density at radius 1 is 1.12 bits per heavy atom. The Hall–Kier alpha value is -1.85. The maximum atomic E-state index is 11.3. The van der Waals surface area contributed by atoms with Gasteiger partial charge in [-0.1, -0.05) is 6.08 Å². The molecular formula is C11H17NO5. The quantitative estimate of drug-likeness (QED) is 0.418. The highest BCUT2D eigenvalue weighted by Crippen LogP contribution is 1.96. The summed E-state index contributed by atoms with van der Waals surface area (Å²) in [5.74, 6) is -1.87. The van der Waals surface area contributed by atoms with Gasteiger partial charge in [0.05, 0.1) is 13.2 Å². The molecule has 0 rings (SSSR count). The number of allylic oxidation sites excluding steroid dienone is 1. The lowest BCUT2D eigenvalue weighted by atomic mass is 10.3. The summed E-state index contributed by atoms with van der Waals surface area (Å²) in [5.41, 5.74) is 0.0150. The Morgan fingerprint density at radius 3 is 2.18 bits per heavy atom. The van der Waals surface area contributed by atoms with Crippen molar-refractivity contribution in [3.05, 3.63) is 11.8 Å². The fraction of sp³-hybridized carbons (Fsp3) is 0.545. The standard InChI is InChI=1S/C11H17NO5/c1-4-8(11(15)17-6-3)12-9(13)7-10(14)16-5-2/h4H,5-7H2,1-3H3,(H,12,13). The van der Waals surface area contributed by atoms with Gasteiger partial charge in [0.15, 0.2) is 0 Å². The summed E-state index contributed by atoms with van der Waals surface area (Å²) in [6.45, 7) is 5.30. The summed E-state index contributed by atoms with van der Waals surface area (Å²) < 4.78 is 9.31. The number of amides is 1. The third-order valence-corrected chi connectivity index (χ3v) is 1.67. The molecule has 0 atom stereocenters. The number of rotatable bonds is 6. The van der Waals surface area contributed by atoms with E-state index in [-0.39, 0.29) is 18.9 Å². The number of hydrogen-bond acceptors (Lipinski definition) is 5. The average Bonchev–Trinajstić information content (AvgIpc) is 2.26. The summed E-state index contributed by atoms with van der Waals surface area (Å²) in [4.78, 5) is 33.6. The van der Waals surface area contributed by atoms with Crippen LogP contribution in [0.25, 0.3) is 0 Å². The zero-order chi connectivity index (χ0) is 13.3. The summed E-state index contributed by atoms with van der Waals surface area (Å²) >= 11 is 0. The van der Waals surface area contributed by atoms with Gasteiger partial charge in [-0.25, -0.2) is 4.79 Å². The molecular weight excluding hydrogens is 226 g/mol. The van der Waals surface area contributed by atoms with E-state index < -0.39 is 24.3 Å². The van der Waals surface area contributed by atoms with Crippen LogP contribution in [0.3, 0.4) is 0 Å². The number of hydrogen-bond donors (Lipinski definition) is 1. The SMILES string of the molecule is CC=C(NC(=O)CC(=O)OCC)C(=O)OCC. The molecule has 6 heteroatoms. The molecule has 0 aromatic rings. The predicted molar refractivity (Wildman–Crippen MR) is 59.8 cm³/mol. The van der Waals surface area contributed by atoms with Gasteiger partial charge in [0, 0.05) is 0 Å². The van der Waals surface area contributed by atoms with Crippen molar-refractivity contribution in [3.8, 4) is 0 Å². The van der Waals surface area contributed by atoms with Gasteiger partial charge in [-0.15, -0.1) is 0 Å². The van der Waals surface area contributed by atoms with E-state index in [0.717, 1.165) is 0 Å². The lowest BCUT2D eigenvalue weighted by molar-refractivity contribution is -0.147. The molecule has 0 aliphatic carbocycles. The number of esters is 2. The first-order chi connectivity index (χ1) is 8.04. The van der Waals surface area contributed by atoms with E-state index in [1.165, 1.54) is 6.08 Å². The van der Waals surface area contributed by atoms with Crippen molar-refractivity contribution in [3.63, 3.8) is 0 Å². The van der Waals surface area contributed by atoms with E-state index in [0.29, 0.717) is 0 Å². The van der Waals surface area contributed by atoms with E-state index in [1.54, 1.807) is 20.8 Å². The Labute approximate surface area is 100.0 Å². The average molecular weight is 243 g/mol. The number of carbonyl (C=O) groups excluding carboxylic acids is 3. The second-order valence-electron chi connectivity index (χ2n) is 2.95. The predicted octanol–water partition coefficient (Wildman–Crippen LogP) is 0.523. The summed E-state index contributed by atoms with van der Waals surface area (Å²) in [6.07, 6.45) is 0.978. The van der Waals surface area contributed by atoms with E-state index >= 15 is 0 Å². The highest BCUT2D eigenvalue weighted by Gasteiger charge is 2.15. The van der Waals surface area contributed by atoms with Gasteiger partial charge in [-0.05, 0) is 20.8 Å². The van der Waals surface area contributed by atoms with E-state index in [2.05, 4.69) is 10.1 Å². The van der Waals surface area contributed by atoms with Crippen LogP contribution in [0.2, 0.25) is 0 Å². The fourth-order valence-electron chi connectivity index (χ4n) is 0.987. The van der Waals surface area contributed by atoms with Crippen molar-refractivity contribution >= 4 is 17.8 Å². The molecule has 0 saturated heterocycles. The van der Waals surface area contributed by atoms with E-state index in [1.807, 2.05) is 0 Å². The van der Waals surface area contributed by atoms with Crippen LogP contribution < -0.4 is 5.32 Å². The maximum absolute atomic E-state index is 11.3. The number of ether oxygens (including phenoxy) is 2. The number of carbonyl (C=O) groups is 3. The molecule has 1 N–H and O–H groups in total. The summed E-state index contributed by atoms with van der Waals surface area (Å²) in [7, 11) is 0. The Morgan fingerprint density at radius 2 is 1.71 bits per heavy atom. The smallest absolute Gasteiger partial charge is 0.354 e. The van der Waals surface area contributed by atoms with Crippen LogP contribution in [-0.4, -0.2) is 31.1 Å². The van der Waals surface area contributed by atoms with Gasteiger partial charge in [-0.3, -0.25) is 9.59 Å². The minimum Gasteiger partial charge on any atom is -0.466 e. The van der Waals surface area contributed by atoms with Crippen molar-refractivity contribution in [1.29, 1.82) is 0 Å². The van der Waals surface area contributed by atoms with Crippen molar-refractivity contribution < 1.29 is 23.9 Å². The maximum Gasteiger partial charge on any atom is 0.354 e. The molecule has 0 aromatic heterocycles. The first-order valence-electron chi connectivity index (χ1n) is 5.34. The lowest BCUT2D eigenvalue weighted by Gasteiger charge is -2.08. The van der Waals surface area contributed by atoms with E-state index in [9.17, 15) is 14.4 Å². The van der Waals surface area contributed by atoms with Crippen LogP contribution in [0.15, 0.2) is 11.8 Å². The van der Waals surface area contributed by atoms with Crippen LogP contribution >= 0.6 is 0 Å². The molecule has 0 aliphatic rings. The normalized spacial score (nSPS) is 10.6. The molecule has 1 amide bonds. The molecule has 0 bridgehead atoms. The molecule has 6 nitrogen and oxygen atoms in total. The fourth-order valence-corrected chi connectivity index (χ4v) is 0.987. The minimum absolute atomic E-state index is 0.0150. The molecule has 0 unspecified atom stereocenters. The van der Waals surface area contributed by atoms with Gasteiger partial charge in [-0.2, -0.15) is 0 Å². The van der Waals surface area contributed by atoms with Crippen molar-refractivity contribution in [2.75, 3.05) is 13.2 Å². The molecule has 0 fully saturated rings.